The summed E-state index contributed by atoms with van der Waals surface area (Å²) in [6, 6.07) is 0. The van der Waals surface area contributed by atoms with E-state index in [2.05, 4.69) is 10.4 Å². The van der Waals surface area contributed by atoms with Crippen LogP contribution in [-0.4, -0.2) is 33.4 Å². The second-order valence-corrected chi connectivity index (χ2v) is 5.19. The van der Waals surface area contributed by atoms with Gasteiger partial charge in [-0.3, -0.25) is 9.48 Å². The highest BCUT2D eigenvalue weighted by Crippen LogP contribution is 2.38. The number of aliphatic carboxylic acids is 1. The third kappa shape index (κ3) is 2.27. The van der Waals surface area contributed by atoms with Crippen molar-refractivity contribution in [2.24, 2.45) is 5.92 Å². The van der Waals surface area contributed by atoms with Gasteiger partial charge in [0.2, 0.25) is 0 Å². The van der Waals surface area contributed by atoms with Crippen molar-refractivity contribution in [3.05, 3.63) is 18.0 Å². The monoisotopic (exact) mass is 251 g/mol. The van der Waals surface area contributed by atoms with Gasteiger partial charge in [0.15, 0.2) is 0 Å². The summed E-state index contributed by atoms with van der Waals surface area (Å²) < 4.78 is 1.90. The Morgan fingerprint density at radius 1 is 1.72 bits per heavy atom. The van der Waals surface area contributed by atoms with Gasteiger partial charge in [-0.25, -0.2) is 0 Å². The highest BCUT2D eigenvalue weighted by Gasteiger charge is 2.47. The maximum Gasteiger partial charge on any atom is 0.324 e. The first-order valence-electron chi connectivity index (χ1n) is 6.50. The fourth-order valence-electron chi connectivity index (χ4n) is 3.06. The lowest BCUT2D eigenvalue weighted by Crippen LogP contribution is -2.53. The molecule has 0 bridgehead atoms. The molecule has 0 radical (unpaired) electrons. The zero-order chi connectivity index (χ0) is 13.2. The molecule has 2 N–H and O–H groups in total. The van der Waals surface area contributed by atoms with E-state index in [0.717, 1.165) is 37.8 Å². The van der Waals surface area contributed by atoms with Crippen LogP contribution >= 0.6 is 0 Å². The molecule has 5 nitrogen and oxygen atoms in total. The second-order valence-electron chi connectivity index (χ2n) is 5.19. The van der Waals surface area contributed by atoms with Gasteiger partial charge >= 0.3 is 5.97 Å². The summed E-state index contributed by atoms with van der Waals surface area (Å²) in [4.78, 5) is 11.5. The minimum atomic E-state index is -0.734. The van der Waals surface area contributed by atoms with Gasteiger partial charge in [-0.05, 0) is 44.7 Å². The largest absolute Gasteiger partial charge is 0.480 e. The fourth-order valence-corrected chi connectivity index (χ4v) is 3.06. The molecule has 0 aliphatic heterocycles. The minimum absolute atomic E-state index is 0.185. The molecule has 0 saturated heterocycles. The van der Waals surface area contributed by atoms with Crippen LogP contribution in [0.3, 0.4) is 0 Å². The maximum atomic E-state index is 11.5. The van der Waals surface area contributed by atoms with E-state index in [1.165, 1.54) is 0 Å². The van der Waals surface area contributed by atoms with Gasteiger partial charge in [0.05, 0.1) is 6.20 Å². The van der Waals surface area contributed by atoms with Crippen LogP contribution < -0.4 is 5.32 Å². The highest BCUT2D eigenvalue weighted by molar-refractivity contribution is 5.79. The summed E-state index contributed by atoms with van der Waals surface area (Å²) in [7, 11) is 1.75. The maximum absolute atomic E-state index is 11.5. The van der Waals surface area contributed by atoms with E-state index >= 15 is 0 Å². The van der Waals surface area contributed by atoms with E-state index in [0.29, 0.717) is 0 Å². The molecule has 1 aliphatic rings. The van der Waals surface area contributed by atoms with Crippen molar-refractivity contribution in [3.8, 4) is 0 Å². The molecule has 0 spiro atoms. The van der Waals surface area contributed by atoms with Crippen molar-refractivity contribution < 1.29 is 9.90 Å². The van der Waals surface area contributed by atoms with Gasteiger partial charge in [-0.1, -0.05) is 6.42 Å². The molecule has 1 fully saturated rings. The van der Waals surface area contributed by atoms with Crippen molar-refractivity contribution in [2.75, 3.05) is 7.05 Å². The molecule has 1 aliphatic carbocycles. The highest BCUT2D eigenvalue weighted by atomic mass is 16.4. The first-order chi connectivity index (χ1) is 8.58. The van der Waals surface area contributed by atoms with Crippen LogP contribution in [-0.2, 0) is 11.3 Å². The van der Waals surface area contributed by atoms with Gasteiger partial charge in [0.25, 0.3) is 0 Å². The Hall–Kier alpha value is -1.36. The number of carbonyl (C=O) groups is 1. The summed E-state index contributed by atoms with van der Waals surface area (Å²) >= 11 is 0. The zero-order valence-corrected chi connectivity index (χ0v) is 11.0. The Bertz CT molecular complexity index is 430. The summed E-state index contributed by atoms with van der Waals surface area (Å²) in [5, 5.41) is 16.7. The Morgan fingerprint density at radius 3 is 3.06 bits per heavy atom. The lowest BCUT2D eigenvalue weighted by molar-refractivity contribution is -0.146. The SMILES string of the molecule is CNC1(C(=O)O)CCCC1CCn1cc(C)cn1. The molecular weight excluding hydrogens is 230 g/mol. The predicted octanol–water partition coefficient (Wildman–Crippen LogP) is 1.42. The number of rotatable bonds is 5. The van der Waals surface area contributed by atoms with E-state index < -0.39 is 11.5 Å². The molecule has 1 heterocycles. The number of carboxylic acid groups (broad SMARTS) is 1. The Morgan fingerprint density at radius 2 is 2.50 bits per heavy atom. The van der Waals surface area contributed by atoms with E-state index in [1.54, 1.807) is 7.05 Å². The third-order valence-corrected chi connectivity index (χ3v) is 4.12. The molecule has 2 atom stereocenters. The molecule has 1 saturated carbocycles. The molecule has 2 rings (SSSR count). The van der Waals surface area contributed by atoms with Crippen LogP contribution in [0, 0.1) is 12.8 Å². The van der Waals surface area contributed by atoms with Crippen molar-refractivity contribution in [1.82, 2.24) is 15.1 Å². The van der Waals surface area contributed by atoms with Gasteiger partial charge in [-0.15, -0.1) is 0 Å². The van der Waals surface area contributed by atoms with Crippen molar-refractivity contribution in [1.29, 1.82) is 0 Å². The van der Waals surface area contributed by atoms with Crippen LogP contribution in [0.5, 0.6) is 0 Å². The fraction of sp³-hybridized carbons (Fsp3) is 0.692. The number of aryl methyl sites for hydroxylation is 2. The lowest BCUT2D eigenvalue weighted by Gasteiger charge is -2.31. The quantitative estimate of drug-likeness (QED) is 0.830. The zero-order valence-electron chi connectivity index (χ0n) is 11.0. The number of aromatic nitrogens is 2. The van der Waals surface area contributed by atoms with Gasteiger partial charge in [0, 0.05) is 12.7 Å². The van der Waals surface area contributed by atoms with E-state index in [4.69, 9.17) is 0 Å². The normalized spacial score (nSPS) is 27.6. The van der Waals surface area contributed by atoms with Crippen LogP contribution in [0.1, 0.15) is 31.2 Å². The van der Waals surface area contributed by atoms with Gasteiger partial charge in [-0.2, -0.15) is 5.10 Å². The number of nitrogens with one attached hydrogen (secondary N) is 1. The minimum Gasteiger partial charge on any atom is -0.480 e. The van der Waals surface area contributed by atoms with E-state index in [1.807, 2.05) is 24.0 Å². The smallest absolute Gasteiger partial charge is 0.324 e. The summed E-state index contributed by atoms with van der Waals surface area (Å²) in [5.41, 5.74) is 0.405. The lowest BCUT2D eigenvalue weighted by atomic mass is 9.85. The molecule has 1 aromatic rings. The number of likely N-dealkylation sites (N-methyl/N-ethyl adjacent to an activating group) is 1. The van der Waals surface area contributed by atoms with Crippen LogP contribution in [0.25, 0.3) is 0 Å². The number of carboxylic acids is 1. The molecule has 18 heavy (non-hydrogen) atoms. The van der Waals surface area contributed by atoms with E-state index in [-0.39, 0.29) is 5.92 Å². The van der Waals surface area contributed by atoms with Crippen LogP contribution in [0.4, 0.5) is 0 Å². The molecule has 0 aromatic carbocycles. The summed E-state index contributed by atoms with van der Waals surface area (Å²) in [6.45, 7) is 2.80. The Kier molecular flexibility index (Phi) is 3.71. The van der Waals surface area contributed by atoms with Crippen LogP contribution in [0.2, 0.25) is 0 Å². The first-order valence-corrected chi connectivity index (χ1v) is 6.50. The average Bonchev–Trinajstić information content (AvgIpc) is 2.92. The molecule has 1 aromatic heterocycles. The van der Waals surface area contributed by atoms with E-state index in [9.17, 15) is 9.90 Å². The average molecular weight is 251 g/mol. The van der Waals surface area contributed by atoms with Crippen molar-refractivity contribution in [2.45, 2.75) is 44.7 Å². The van der Waals surface area contributed by atoms with Gasteiger partial charge in [0.1, 0.15) is 5.54 Å². The molecule has 5 heteroatoms. The molecular formula is C13H21N3O2. The topological polar surface area (TPSA) is 67.2 Å². The number of hydrogen-bond acceptors (Lipinski definition) is 3. The number of nitrogens with zero attached hydrogens (tertiary/aromatic N) is 2. The molecule has 100 valence electrons. The standard InChI is InChI=1S/C13H21N3O2/c1-10-8-15-16(9-10)7-5-11-4-3-6-13(11,14-2)12(17)18/h8-9,11,14H,3-7H2,1-2H3,(H,17,18). The van der Waals surface area contributed by atoms with Crippen LogP contribution in [0.15, 0.2) is 12.4 Å². The first kappa shape index (κ1) is 13.1. The predicted molar refractivity (Wildman–Crippen MR) is 68.3 cm³/mol. The van der Waals surface area contributed by atoms with Gasteiger partial charge < -0.3 is 10.4 Å². The second kappa shape index (κ2) is 5.10. The summed E-state index contributed by atoms with van der Waals surface area (Å²) in [5.74, 6) is -0.534. The summed E-state index contributed by atoms with van der Waals surface area (Å²) in [6.07, 6.45) is 7.37. The molecule has 0 amide bonds. The Balaban J connectivity index is 2.01. The van der Waals surface area contributed by atoms with Crippen molar-refractivity contribution >= 4 is 5.97 Å². The van der Waals surface area contributed by atoms with Crippen molar-refractivity contribution in [3.63, 3.8) is 0 Å². The molecule has 2 unspecified atom stereocenters. The number of hydrogen-bond donors (Lipinski definition) is 2. The Labute approximate surface area is 107 Å². The third-order valence-electron chi connectivity index (χ3n) is 4.12.